The number of amides is 1. The van der Waals surface area contributed by atoms with Gasteiger partial charge in [0.1, 0.15) is 0 Å². The highest BCUT2D eigenvalue weighted by molar-refractivity contribution is 5.95. The Morgan fingerprint density at radius 2 is 2.04 bits per heavy atom. The van der Waals surface area contributed by atoms with Gasteiger partial charge in [0.2, 0.25) is 0 Å². The normalized spacial score (nSPS) is 17.6. The molecule has 4 nitrogen and oxygen atoms in total. The summed E-state index contributed by atoms with van der Waals surface area (Å²) in [5.74, 6) is -0.123. The van der Waals surface area contributed by atoms with Crippen molar-refractivity contribution in [2.75, 3.05) is 11.9 Å². The third-order valence-electron chi connectivity index (χ3n) is 4.86. The number of anilines is 2. The van der Waals surface area contributed by atoms with Gasteiger partial charge in [-0.3, -0.25) is 9.78 Å². The molecule has 1 N–H and O–H groups in total. The van der Waals surface area contributed by atoms with E-state index in [1.807, 2.05) is 4.90 Å². The Labute approximate surface area is 156 Å². The van der Waals surface area contributed by atoms with E-state index in [2.05, 4.69) is 17.2 Å². The molecule has 0 aliphatic carbocycles. The van der Waals surface area contributed by atoms with E-state index >= 15 is 0 Å². The third-order valence-corrected chi connectivity index (χ3v) is 4.86. The van der Waals surface area contributed by atoms with Crippen LogP contribution in [0, 0.1) is 0 Å². The lowest BCUT2D eigenvalue weighted by Crippen LogP contribution is -2.43. The van der Waals surface area contributed by atoms with Crippen LogP contribution in [0.3, 0.4) is 0 Å². The number of nitrogens with zero attached hydrogens (tertiary/aromatic N) is 2. The van der Waals surface area contributed by atoms with Crippen LogP contribution >= 0.6 is 0 Å². The number of halogens is 3. The number of rotatable bonds is 4. The van der Waals surface area contributed by atoms with Gasteiger partial charge in [0, 0.05) is 18.8 Å². The Morgan fingerprint density at radius 1 is 1.26 bits per heavy atom. The molecule has 0 bridgehead atoms. The minimum absolute atomic E-state index is 0.0687. The van der Waals surface area contributed by atoms with Crippen molar-refractivity contribution in [2.45, 2.75) is 44.8 Å². The van der Waals surface area contributed by atoms with Crippen LogP contribution in [-0.2, 0) is 6.18 Å². The second kappa shape index (κ2) is 7.98. The summed E-state index contributed by atoms with van der Waals surface area (Å²) in [7, 11) is 0. The molecule has 0 saturated carbocycles. The number of hydrogen-bond acceptors (Lipinski definition) is 3. The standard InChI is InChI=1S/C20H22F3N3O/c1-2-16-7-5-6-10-26(16)19(27)14-11-15(13-24-12-14)25-18-9-4-3-8-17(18)20(21,22)23/h3-4,8-9,11-13,16,25H,2,5-7,10H2,1H3. The third kappa shape index (κ3) is 4.40. The van der Waals surface area contributed by atoms with E-state index in [0.29, 0.717) is 17.8 Å². The first kappa shape index (κ1) is 19.2. The molecule has 27 heavy (non-hydrogen) atoms. The maximum atomic E-state index is 13.2. The molecule has 0 spiro atoms. The van der Waals surface area contributed by atoms with E-state index in [1.54, 1.807) is 6.07 Å². The van der Waals surface area contributed by atoms with Crippen molar-refractivity contribution < 1.29 is 18.0 Å². The first-order valence-electron chi connectivity index (χ1n) is 9.09. The van der Waals surface area contributed by atoms with E-state index in [4.69, 9.17) is 0 Å². The van der Waals surface area contributed by atoms with Crippen LogP contribution in [0.1, 0.15) is 48.5 Å². The lowest BCUT2D eigenvalue weighted by atomic mass is 9.99. The van der Waals surface area contributed by atoms with Crippen LogP contribution in [0.2, 0.25) is 0 Å². The summed E-state index contributed by atoms with van der Waals surface area (Å²) in [5.41, 5.74) is -0.0999. The van der Waals surface area contributed by atoms with Gasteiger partial charge in [-0.25, -0.2) is 0 Å². The number of para-hydroxylation sites is 1. The molecule has 1 aliphatic rings. The molecule has 144 valence electrons. The second-order valence-electron chi connectivity index (χ2n) is 6.69. The Hall–Kier alpha value is -2.57. The van der Waals surface area contributed by atoms with E-state index in [1.165, 1.54) is 30.6 Å². The van der Waals surface area contributed by atoms with Gasteiger partial charge in [0.25, 0.3) is 5.91 Å². The van der Waals surface area contributed by atoms with Gasteiger partial charge < -0.3 is 10.2 Å². The van der Waals surface area contributed by atoms with Crippen molar-refractivity contribution >= 4 is 17.3 Å². The molecule has 1 fully saturated rings. The summed E-state index contributed by atoms with van der Waals surface area (Å²) in [6.45, 7) is 2.76. The van der Waals surface area contributed by atoms with E-state index in [-0.39, 0.29) is 17.6 Å². The molecule has 7 heteroatoms. The maximum Gasteiger partial charge on any atom is 0.418 e. The van der Waals surface area contributed by atoms with E-state index in [0.717, 1.165) is 31.7 Å². The Kier molecular flexibility index (Phi) is 5.68. The lowest BCUT2D eigenvalue weighted by Gasteiger charge is -2.35. The topological polar surface area (TPSA) is 45.2 Å². The van der Waals surface area contributed by atoms with Crippen LogP contribution in [0.25, 0.3) is 0 Å². The summed E-state index contributed by atoms with van der Waals surface area (Å²) in [5, 5.41) is 2.75. The number of piperidine rings is 1. The number of benzene rings is 1. The van der Waals surface area contributed by atoms with Crippen molar-refractivity contribution in [3.63, 3.8) is 0 Å². The number of pyridine rings is 1. The van der Waals surface area contributed by atoms with Crippen molar-refractivity contribution in [3.05, 3.63) is 53.9 Å². The number of carbonyl (C=O) groups excluding carboxylic acids is 1. The van der Waals surface area contributed by atoms with Crippen molar-refractivity contribution in [1.29, 1.82) is 0 Å². The highest BCUT2D eigenvalue weighted by atomic mass is 19.4. The molecule has 1 unspecified atom stereocenters. The van der Waals surface area contributed by atoms with Gasteiger partial charge in [-0.1, -0.05) is 19.1 Å². The molecule has 2 aromatic rings. The molecule has 3 rings (SSSR count). The Balaban J connectivity index is 1.83. The van der Waals surface area contributed by atoms with Gasteiger partial charge >= 0.3 is 6.18 Å². The lowest BCUT2D eigenvalue weighted by molar-refractivity contribution is -0.136. The summed E-state index contributed by atoms with van der Waals surface area (Å²) in [6, 6.07) is 7.00. The molecular weight excluding hydrogens is 355 g/mol. The van der Waals surface area contributed by atoms with Gasteiger partial charge in [-0.05, 0) is 43.9 Å². The van der Waals surface area contributed by atoms with Gasteiger partial charge in [0.15, 0.2) is 0 Å². The second-order valence-corrected chi connectivity index (χ2v) is 6.69. The van der Waals surface area contributed by atoms with Crippen LogP contribution in [0.15, 0.2) is 42.7 Å². The largest absolute Gasteiger partial charge is 0.418 e. The van der Waals surface area contributed by atoms with Gasteiger partial charge in [0.05, 0.1) is 28.7 Å². The molecule has 1 aromatic heterocycles. The highest BCUT2D eigenvalue weighted by Gasteiger charge is 2.33. The SMILES string of the molecule is CCC1CCCCN1C(=O)c1cncc(Nc2ccccc2C(F)(F)F)c1. The smallest absolute Gasteiger partial charge is 0.354 e. The number of nitrogens with one attached hydrogen (secondary N) is 1. The first-order valence-corrected chi connectivity index (χ1v) is 9.09. The molecule has 1 atom stereocenters. The first-order chi connectivity index (χ1) is 12.9. The fourth-order valence-corrected chi connectivity index (χ4v) is 3.48. The minimum atomic E-state index is -4.47. The van der Waals surface area contributed by atoms with Gasteiger partial charge in [-0.2, -0.15) is 13.2 Å². The predicted octanol–water partition coefficient (Wildman–Crippen LogP) is 5.25. The molecule has 2 heterocycles. The van der Waals surface area contributed by atoms with E-state index < -0.39 is 11.7 Å². The number of likely N-dealkylation sites (tertiary alicyclic amines) is 1. The predicted molar refractivity (Wildman–Crippen MR) is 97.9 cm³/mol. The zero-order chi connectivity index (χ0) is 19.4. The number of aromatic nitrogens is 1. The van der Waals surface area contributed by atoms with Crippen LogP contribution in [0.4, 0.5) is 24.5 Å². The molecule has 1 saturated heterocycles. The van der Waals surface area contributed by atoms with Crippen LogP contribution in [0.5, 0.6) is 0 Å². The summed E-state index contributed by atoms with van der Waals surface area (Å²) < 4.78 is 39.5. The quantitative estimate of drug-likeness (QED) is 0.792. The number of alkyl halides is 3. The number of carbonyl (C=O) groups is 1. The summed E-state index contributed by atoms with van der Waals surface area (Å²) in [6.07, 6.45) is 2.35. The molecule has 0 radical (unpaired) electrons. The molecule has 1 amide bonds. The fraction of sp³-hybridized carbons (Fsp3) is 0.400. The van der Waals surface area contributed by atoms with Gasteiger partial charge in [-0.15, -0.1) is 0 Å². The van der Waals surface area contributed by atoms with Crippen molar-refractivity contribution in [2.24, 2.45) is 0 Å². The monoisotopic (exact) mass is 377 g/mol. The van der Waals surface area contributed by atoms with Crippen LogP contribution in [-0.4, -0.2) is 28.4 Å². The van der Waals surface area contributed by atoms with E-state index in [9.17, 15) is 18.0 Å². The average molecular weight is 377 g/mol. The van der Waals surface area contributed by atoms with Crippen molar-refractivity contribution in [1.82, 2.24) is 9.88 Å². The zero-order valence-electron chi connectivity index (χ0n) is 15.1. The average Bonchev–Trinajstić information content (AvgIpc) is 2.67. The highest BCUT2D eigenvalue weighted by Crippen LogP contribution is 2.35. The minimum Gasteiger partial charge on any atom is -0.354 e. The molecule has 1 aliphatic heterocycles. The fourth-order valence-electron chi connectivity index (χ4n) is 3.48. The summed E-state index contributed by atoms with van der Waals surface area (Å²) in [4.78, 5) is 18.8. The Bertz CT molecular complexity index is 807. The summed E-state index contributed by atoms with van der Waals surface area (Å²) >= 11 is 0. The van der Waals surface area contributed by atoms with Crippen molar-refractivity contribution in [3.8, 4) is 0 Å². The Morgan fingerprint density at radius 3 is 2.78 bits per heavy atom. The molecule has 1 aromatic carbocycles. The van der Waals surface area contributed by atoms with Crippen LogP contribution < -0.4 is 5.32 Å². The number of hydrogen-bond donors (Lipinski definition) is 1. The zero-order valence-corrected chi connectivity index (χ0v) is 15.1. The molecular formula is C20H22F3N3O. The maximum absolute atomic E-state index is 13.2.